The lowest BCUT2D eigenvalue weighted by atomic mass is 10.1. The molecule has 0 aliphatic heterocycles. The summed E-state index contributed by atoms with van der Waals surface area (Å²) < 4.78 is 4.44. The molecule has 24 heavy (non-hydrogen) atoms. The zero-order valence-electron chi connectivity index (χ0n) is 14.2. The first-order chi connectivity index (χ1) is 11.2. The highest BCUT2D eigenvalue weighted by molar-refractivity contribution is 6.67. The summed E-state index contributed by atoms with van der Waals surface area (Å²) in [5.41, 5.74) is 2.96. The molecule has 0 saturated carbocycles. The standard InChI is InChI=1S/C19H23Cl3O2/c1-14(6-4-7-15(2)13-19(20,21)22)10-11-24-18-9-5-8-17(12-18)16(3)23/h5,7-10,12H,4,6,11,13H2,1-3H3/b14-10+,15-7+. The quantitative estimate of drug-likeness (QED) is 0.281. The summed E-state index contributed by atoms with van der Waals surface area (Å²) in [6.07, 6.45) is 6.40. The molecule has 0 bridgehead atoms. The summed E-state index contributed by atoms with van der Waals surface area (Å²) in [5.74, 6) is 0.731. The Hall–Kier alpha value is -0.960. The summed E-state index contributed by atoms with van der Waals surface area (Å²) in [5, 5.41) is 0. The van der Waals surface area contributed by atoms with Gasteiger partial charge < -0.3 is 4.74 Å². The molecule has 1 rings (SSSR count). The van der Waals surface area contributed by atoms with Crippen molar-refractivity contribution >= 4 is 40.6 Å². The third-order valence-corrected chi connectivity index (χ3v) is 3.83. The Labute approximate surface area is 159 Å². The smallest absolute Gasteiger partial charge is 0.194 e. The Morgan fingerprint density at radius 1 is 1.12 bits per heavy atom. The highest BCUT2D eigenvalue weighted by Gasteiger charge is 2.19. The number of ketones is 1. The molecule has 0 aliphatic carbocycles. The number of hydrogen-bond acceptors (Lipinski definition) is 2. The molecule has 0 amide bonds. The molecule has 0 aliphatic rings. The number of allylic oxidation sites excluding steroid dienone is 3. The zero-order valence-corrected chi connectivity index (χ0v) is 16.5. The molecule has 0 unspecified atom stereocenters. The van der Waals surface area contributed by atoms with Crippen molar-refractivity contribution in [1.82, 2.24) is 0 Å². The second kappa shape index (κ2) is 10.1. The van der Waals surface area contributed by atoms with Crippen LogP contribution in [0.1, 0.15) is 50.4 Å². The number of rotatable bonds is 8. The van der Waals surface area contributed by atoms with Crippen molar-refractivity contribution < 1.29 is 9.53 Å². The largest absolute Gasteiger partial charge is 0.490 e. The van der Waals surface area contributed by atoms with Crippen molar-refractivity contribution in [2.24, 2.45) is 0 Å². The van der Waals surface area contributed by atoms with Crippen LogP contribution in [-0.2, 0) is 0 Å². The van der Waals surface area contributed by atoms with Gasteiger partial charge in [0.25, 0.3) is 0 Å². The first-order valence-electron chi connectivity index (χ1n) is 7.79. The van der Waals surface area contributed by atoms with E-state index >= 15 is 0 Å². The van der Waals surface area contributed by atoms with Crippen LogP contribution in [0.25, 0.3) is 0 Å². The third kappa shape index (κ3) is 9.36. The Morgan fingerprint density at radius 3 is 2.46 bits per heavy atom. The Morgan fingerprint density at radius 2 is 1.83 bits per heavy atom. The third-order valence-electron chi connectivity index (χ3n) is 3.43. The van der Waals surface area contributed by atoms with E-state index in [1.165, 1.54) is 5.57 Å². The number of ether oxygens (including phenoxy) is 1. The minimum Gasteiger partial charge on any atom is -0.490 e. The van der Waals surface area contributed by atoms with E-state index in [0.717, 1.165) is 18.4 Å². The average molecular weight is 390 g/mol. The molecule has 0 fully saturated rings. The van der Waals surface area contributed by atoms with Crippen LogP contribution >= 0.6 is 34.8 Å². The van der Waals surface area contributed by atoms with Crippen LogP contribution in [-0.4, -0.2) is 16.2 Å². The molecule has 0 N–H and O–H groups in total. The summed E-state index contributed by atoms with van der Waals surface area (Å²) in [4.78, 5) is 11.3. The van der Waals surface area contributed by atoms with Crippen LogP contribution in [0, 0.1) is 0 Å². The maximum absolute atomic E-state index is 11.3. The number of benzene rings is 1. The van der Waals surface area contributed by atoms with E-state index in [-0.39, 0.29) is 5.78 Å². The van der Waals surface area contributed by atoms with Gasteiger partial charge in [0.05, 0.1) is 0 Å². The van der Waals surface area contributed by atoms with Crippen molar-refractivity contribution in [3.63, 3.8) is 0 Å². The Bertz CT molecular complexity index is 613. The van der Waals surface area contributed by atoms with Gasteiger partial charge in [0, 0.05) is 12.0 Å². The average Bonchev–Trinajstić information content (AvgIpc) is 2.45. The summed E-state index contributed by atoms with van der Waals surface area (Å²) >= 11 is 17.3. The van der Waals surface area contributed by atoms with Gasteiger partial charge in [-0.25, -0.2) is 0 Å². The molecular weight excluding hydrogens is 367 g/mol. The van der Waals surface area contributed by atoms with E-state index in [9.17, 15) is 4.79 Å². The minimum atomic E-state index is -1.23. The minimum absolute atomic E-state index is 0.0317. The first kappa shape index (κ1) is 21.1. The molecule has 0 aromatic heterocycles. The number of carbonyl (C=O) groups is 1. The van der Waals surface area contributed by atoms with Gasteiger partial charge in [-0.05, 0) is 51.8 Å². The monoisotopic (exact) mass is 388 g/mol. The van der Waals surface area contributed by atoms with Crippen LogP contribution < -0.4 is 4.74 Å². The molecule has 132 valence electrons. The van der Waals surface area contributed by atoms with Gasteiger partial charge in [0.15, 0.2) is 9.58 Å². The Kier molecular flexibility index (Phi) is 8.90. The van der Waals surface area contributed by atoms with Crippen molar-refractivity contribution in [2.75, 3.05) is 6.61 Å². The van der Waals surface area contributed by atoms with Crippen molar-refractivity contribution in [2.45, 2.75) is 43.8 Å². The molecule has 5 heteroatoms. The fraction of sp³-hybridized carbons (Fsp3) is 0.421. The van der Waals surface area contributed by atoms with Crippen LogP contribution in [0.15, 0.2) is 47.6 Å². The van der Waals surface area contributed by atoms with Crippen molar-refractivity contribution in [3.8, 4) is 5.75 Å². The van der Waals surface area contributed by atoms with E-state index in [1.54, 1.807) is 19.1 Å². The second-order valence-corrected chi connectivity index (χ2v) is 8.34. The van der Waals surface area contributed by atoms with E-state index < -0.39 is 3.79 Å². The summed E-state index contributed by atoms with van der Waals surface area (Å²) in [6, 6.07) is 7.20. The lowest BCUT2D eigenvalue weighted by molar-refractivity contribution is 0.101. The van der Waals surface area contributed by atoms with Gasteiger partial charge in [-0.15, -0.1) is 0 Å². The molecule has 0 saturated heterocycles. The van der Waals surface area contributed by atoms with Crippen molar-refractivity contribution in [1.29, 1.82) is 0 Å². The highest BCUT2D eigenvalue weighted by Crippen LogP contribution is 2.33. The number of hydrogen-bond donors (Lipinski definition) is 0. The highest BCUT2D eigenvalue weighted by atomic mass is 35.6. The van der Waals surface area contributed by atoms with E-state index in [2.05, 4.69) is 13.0 Å². The maximum Gasteiger partial charge on any atom is 0.194 e. The van der Waals surface area contributed by atoms with E-state index in [0.29, 0.717) is 24.3 Å². The zero-order chi connectivity index (χ0) is 18.2. The molecule has 2 nitrogen and oxygen atoms in total. The van der Waals surface area contributed by atoms with Crippen LogP contribution in [0.4, 0.5) is 0 Å². The number of alkyl halides is 3. The number of Topliss-reactive ketones (excluding diaryl/α,β-unsaturated/α-hetero) is 1. The normalized spacial score (nSPS) is 13.1. The van der Waals surface area contributed by atoms with Gasteiger partial charge in [-0.1, -0.05) is 64.2 Å². The predicted molar refractivity (Wildman–Crippen MR) is 104 cm³/mol. The SMILES string of the molecule is CC(=O)c1cccc(OC/C=C(\C)CC/C=C(\C)CC(Cl)(Cl)Cl)c1. The molecule has 1 aromatic rings. The topological polar surface area (TPSA) is 26.3 Å². The first-order valence-corrected chi connectivity index (χ1v) is 8.92. The fourth-order valence-corrected chi connectivity index (χ4v) is 2.75. The lowest BCUT2D eigenvalue weighted by Crippen LogP contribution is -2.01. The molecule has 0 radical (unpaired) electrons. The molecule has 1 aromatic carbocycles. The van der Waals surface area contributed by atoms with Gasteiger partial charge in [0.2, 0.25) is 0 Å². The molecular formula is C19H23Cl3O2. The lowest BCUT2D eigenvalue weighted by Gasteiger charge is -2.10. The van der Waals surface area contributed by atoms with Crippen LogP contribution in [0.3, 0.4) is 0 Å². The maximum atomic E-state index is 11.3. The predicted octanol–water partition coefficient (Wildman–Crippen LogP) is 6.70. The summed E-state index contributed by atoms with van der Waals surface area (Å²) in [6.45, 7) is 6.05. The van der Waals surface area contributed by atoms with E-state index in [4.69, 9.17) is 39.5 Å². The van der Waals surface area contributed by atoms with Gasteiger partial charge in [0.1, 0.15) is 12.4 Å². The molecule has 0 heterocycles. The second-order valence-electron chi connectivity index (χ2n) is 5.83. The van der Waals surface area contributed by atoms with E-state index in [1.807, 2.05) is 25.1 Å². The van der Waals surface area contributed by atoms with Crippen LogP contribution in [0.5, 0.6) is 5.75 Å². The number of carbonyl (C=O) groups excluding carboxylic acids is 1. The molecule has 0 atom stereocenters. The Balaban J connectivity index is 2.41. The van der Waals surface area contributed by atoms with Gasteiger partial charge in [-0.3, -0.25) is 4.79 Å². The fourth-order valence-electron chi connectivity index (χ4n) is 2.12. The molecule has 0 spiro atoms. The van der Waals surface area contributed by atoms with Gasteiger partial charge in [-0.2, -0.15) is 0 Å². The van der Waals surface area contributed by atoms with Crippen molar-refractivity contribution in [3.05, 3.63) is 53.1 Å². The van der Waals surface area contributed by atoms with Gasteiger partial charge >= 0.3 is 0 Å². The number of halogens is 3. The summed E-state index contributed by atoms with van der Waals surface area (Å²) in [7, 11) is 0. The van der Waals surface area contributed by atoms with Crippen LogP contribution in [0.2, 0.25) is 0 Å².